The molecule has 3 nitrogen and oxygen atoms in total. The Morgan fingerprint density at radius 1 is 1.30 bits per heavy atom. The third-order valence-corrected chi connectivity index (χ3v) is 4.89. The van der Waals surface area contributed by atoms with E-state index >= 15 is 0 Å². The summed E-state index contributed by atoms with van der Waals surface area (Å²) in [5.74, 6) is 1.36. The number of hydrogen-bond donors (Lipinski definition) is 1. The number of aliphatic hydroxyl groups is 1. The maximum atomic E-state index is 11.0. The molecular weight excluding hydrogens is 252 g/mol. The van der Waals surface area contributed by atoms with Crippen LogP contribution in [0.5, 0.6) is 5.75 Å². The smallest absolute Gasteiger partial charge is 0.122 e. The fraction of sp³-hybridized carbons (Fsp3) is 0.647. The molecule has 0 bridgehead atoms. The monoisotopic (exact) mass is 276 g/mol. The predicted octanol–water partition coefficient (Wildman–Crippen LogP) is 3.26. The highest BCUT2D eigenvalue weighted by molar-refractivity contribution is 5.38. The number of fused-ring (bicyclic) bond motifs is 1. The molecule has 0 radical (unpaired) electrons. The number of methoxy groups -OCH3 is 1. The molecule has 1 heterocycles. The van der Waals surface area contributed by atoms with Crippen molar-refractivity contribution in [1.29, 1.82) is 0 Å². The first-order valence-corrected chi connectivity index (χ1v) is 7.70. The number of benzene rings is 1. The Labute approximate surface area is 120 Å². The number of para-hydroxylation sites is 1. The van der Waals surface area contributed by atoms with Crippen LogP contribution in [-0.2, 0) is 4.74 Å². The van der Waals surface area contributed by atoms with Crippen molar-refractivity contribution < 1.29 is 14.6 Å². The van der Waals surface area contributed by atoms with E-state index in [2.05, 4.69) is 12.1 Å². The van der Waals surface area contributed by atoms with E-state index in [9.17, 15) is 5.11 Å². The SMILES string of the molecule is COC1CCCCC1(O)CC1CCOc2ccccc21. The first-order valence-electron chi connectivity index (χ1n) is 7.70. The van der Waals surface area contributed by atoms with E-state index in [1.165, 1.54) is 5.56 Å². The number of ether oxygens (including phenoxy) is 2. The van der Waals surface area contributed by atoms with Gasteiger partial charge in [0.25, 0.3) is 0 Å². The standard InChI is InChI=1S/C17H24O3/c1-19-16-8-4-5-10-17(16,18)12-13-9-11-20-15-7-3-2-6-14(13)15/h2-3,6-7,13,16,18H,4-5,8-12H2,1H3. The summed E-state index contributed by atoms with van der Waals surface area (Å²) in [6.07, 6.45) is 5.82. The Hall–Kier alpha value is -1.06. The first kappa shape index (κ1) is 13.9. The Morgan fingerprint density at radius 2 is 2.15 bits per heavy atom. The van der Waals surface area contributed by atoms with Gasteiger partial charge in [-0.1, -0.05) is 31.0 Å². The second-order valence-electron chi connectivity index (χ2n) is 6.15. The Morgan fingerprint density at radius 3 is 3.00 bits per heavy atom. The molecule has 1 aliphatic heterocycles. The van der Waals surface area contributed by atoms with Crippen LogP contribution in [0, 0.1) is 0 Å². The first-order chi connectivity index (χ1) is 9.73. The van der Waals surface area contributed by atoms with E-state index in [1.807, 2.05) is 12.1 Å². The van der Waals surface area contributed by atoms with Crippen LogP contribution in [-0.4, -0.2) is 30.5 Å². The molecule has 1 N–H and O–H groups in total. The molecule has 20 heavy (non-hydrogen) atoms. The Balaban J connectivity index is 1.80. The minimum Gasteiger partial charge on any atom is -0.493 e. The van der Waals surface area contributed by atoms with E-state index in [0.717, 1.165) is 50.9 Å². The lowest BCUT2D eigenvalue weighted by atomic mass is 9.74. The molecule has 0 spiro atoms. The highest BCUT2D eigenvalue weighted by atomic mass is 16.5. The molecule has 1 saturated carbocycles. The van der Waals surface area contributed by atoms with Crippen LogP contribution in [0.2, 0.25) is 0 Å². The molecule has 3 atom stereocenters. The minimum absolute atomic E-state index is 0.0220. The molecule has 2 aliphatic rings. The van der Waals surface area contributed by atoms with Crippen molar-refractivity contribution in [1.82, 2.24) is 0 Å². The van der Waals surface area contributed by atoms with Crippen LogP contribution >= 0.6 is 0 Å². The van der Waals surface area contributed by atoms with Crippen LogP contribution in [0.1, 0.15) is 50.0 Å². The van der Waals surface area contributed by atoms with Crippen LogP contribution in [0.3, 0.4) is 0 Å². The fourth-order valence-electron chi connectivity index (χ4n) is 3.82. The third kappa shape index (κ3) is 2.57. The summed E-state index contributed by atoms with van der Waals surface area (Å²) in [5, 5.41) is 11.0. The van der Waals surface area contributed by atoms with Gasteiger partial charge < -0.3 is 14.6 Å². The van der Waals surface area contributed by atoms with Gasteiger partial charge >= 0.3 is 0 Å². The summed E-state index contributed by atoms with van der Waals surface area (Å²) in [6, 6.07) is 8.22. The molecule has 110 valence electrons. The van der Waals surface area contributed by atoms with E-state index < -0.39 is 5.60 Å². The van der Waals surface area contributed by atoms with Gasteiger partial charge in [-0.05, 0) is 43.2 Å². The van der Waals surface area contributed by atoms with Crippen molar-refractivity contribution in [3.63, 3.8) is 0 Å². The third-order valence-electron chi connectivity index (χ3n) is 4.89. The van der Waals surface area contributed by atoms with Gasteiger partial charge in [-0.2, -0.15) is 0 Å². The second-order valence-corrected chi connectivity index (χ2v) is 6.15. The van der Waals surface area contributed by atoms with Gasteiger partial charge in [0.2, 0.25) is 0 Å². The number of hydrogen-bond acceptors (Lipinski definition) is 3. The Kier molecular flexibility index (Phi) is 3.99. The minimum atomic E-state index is -0.678. The molecule has 1 aliphatic carbocycles. The molecule has 3 unspecified atom stereocenters. The average molecular weight is 276 g/mol. The van der Waals surface area contributed by atoms with Crippen LogP contribution in [0.4, 0.5) is 0 Å². The molecule has 0 saturated heterocycles. The van der Waals surface area contributed by atoms with Gasteiger partial charge in [0.05, 0.1) is 18.3 Å². The lowest BCUT2D eigenvalue weighted by molar-refractivity contribution is -0.125. The molecule has 1 aromatic carbocycles. The summed E-state index contributed by atoms with van der Waals surface area (Å²) in [5.41, 5.74) is 0.565. The van der Waals surface area contributed by atoms with E-state index in [4.69, 9.17) is 9.47 Å². The zero-order valence-corrected chi connectivity index (χ0v) is 12.2. The van der Waals surface area contributed by atoms with Gasteiger partial charge in [0.15, 0.2) is 0 Å². The van der Waals surface area contributed by atoms with E-state index in [0.29, 0.717) is 5.92 Å². The van der Waals surface area contributed by atoms with E-state index in [-0.39, 0.29) is 6.10 Å². The molecule has 3 heteroatoms. The zero-order chi connectivity index (χ0) is 14.0. The fourth-order valence-corrected chi connectivity index (χ4v) is 3.82. The molecule has 0 amide bonds. The topological polar surface area (TPSA) is 38.7 Å². The Bertz CT molecular complexity index is 459. The molecule has 0 aromatic heterocycles. The van der Waals surface area contributed by atoms with Crippen molar-refractivity contribution >= 4 is 0 Å². The summed E-state index contributed by atoms with van der Waals surface area (Å²) < 4.78 is 11.3. The van der Waals surface area contributed by atoms with Crippen molar-refractivity contribution in [3.8, 4) is 5.75 Å². The predicted molar refractivity (Wildman–Crippen MR) is 78.1 cm³/mol. The van der Waals surface area contributed by atoms with Crippen LogP contribution in [0.25, 0.3) is 0 Å². The maximum absolute atomic E-state index is 11.0. The van der Waals surface area contributed by atoms with Crippen molar-refractivity contribution in [2.45, 2.75) is 56.1 Å². The van der Waals surface area contributed by atoms with Gasteiger partial charge in [0.1, 0.15) is 5.75 Å². The summed E-state index contributed by atoms with van der Waals surface area (Å²) in [6.45, 7) is 0.745. The summed E-state index contributed by atoms with van der Waals surface area (Å²) in [7, 11) is 1.72. The normalized spacial score (nSPS) is 33.3. The zero-order valence-electron chi connectivity index (χ0n) is 12.2. The lowest BCUT2D eigenvalue weighted by Gasteiger charge is -2.42. The van der Waals surface area contributed by atoms with Gasteiger partial charge in [-0.25, -0.2) is 0 Å². The largest absolute Gasteiger partial charge is 0.493 e. The van der Waals surface area contributed by atoms with Crippen LogP contribution in [0.15, 0.2) is 24.3 Å². The molecule has 1 fully saturated rings. The summed E-state index contributed by atoms with van der Waals surface area (Å²) in [4.78, 5) is 0. The van der Waals surface area contributed by atoms with Gasteiger partial charge in [0, 0.05) is 7.11 Å². The average Bonchev–Trinajstić information content (AvgIpc) is 2.48. The van der Waals surface area contributed by atoms with Gasteiger partial charge in [-0.15, -0.1) is 0 Å². The van der Waals surface area contributed by atoms with E-state index in [1.54, 1.807) is 7.11 Å². The second kappa shape index (κ2) is 5.74. The van der Waals surface area contributed by atoms with Crippen molar-refractivity contribution in [2.75, 3.05) is 13.7 Å². The highest BCUT2D eigenvalue weighted by Crippen LogP contribution is 2.43. The molecular formula is C17H24O3. The highest BCUT2D eigenvalue weighted by Gasteiger charge is 2.41. The van der Waals surface area contributed by atoms with Gasteiger partial charge in [-0.3, -0.25) is 0 Å². The molecule has 3 rings (SSSR count). The number of rotatable bonds is 3. The summed E-state index contributed by atoms with van der Waals surface area (Å²) >= 11 is 0. The maximum Gasteiger partial charge on any atom is 0.122 e. The van der Waals surface area contributed by atoms with Crippen molar-refractivity contribution in [3.05, 3.63) is 29.8 Å². The quantitative estimate of drug-likeness (QED) is 0.921. The lowest BCUT2D eigenvalue weighted by Crippen LogP contribution is -2.47. The molecule has 1 aromatic rings. The van der Waals surface area contributed by atoms with Crippen LogP contribution < -0.4 is 4.74 Å². The van der Waals surface area contributed by atoms with Crippen molar-refractivity contribution in [2.24, 2.45) is 0 Å².